The first-order valence-corrected chi connectivity index (χ1v) is 12.7. The summed E-state index contributed by atoms with van der Waals surface area (Å²) in [6.07, 6.45) is 4.26. The lowest BCUT2D eigenvalue weighted by Gasteiger charge is -2.35. The van der Waals surface area contributed by atoms with Crippen LogP contribution in [0.1, 0.15) is 28.9 Å². The molecule has 3 heterocycles. The summed E-state index contributed by atoms with van der Waals surface area (Å²) in [6, 6.07) is 16.3. The van der Waals surface area contributed by atoms with Gasteiger partial charge in [-0.05, 0) is 48.2 Å². The summed E-state index contributed by atoms with van der Waals surface area (Å²) in [7, 11) is -3.45. The van der Waals surface area contributed by atoms with Crippen molar-refractivity contribution in [2.24, 2.45) is 0 Å². The summed E-state index contributed by atoms with van der Waals surface area (Å²) in [4.78, 5) is 13.1. The second-order valence-corrected chi connectivity index (χ2v) is 11.2. The number of nitrogens with zero attached hydrogens (tertiary/aromatic N) is 4. The lowest BCUT2D eigenvalue weighted by atomic mass is 10.0. The molecule has 1 saturated heterocycles. The van der Waals surface area contributed by atoms with E-state index in [-0.39, 0.29) is 0 Å². The number of fused-ring (bicyclic) bond motifs is 2. The van der Waals surface area contributed by atoms with Crippen molar-refractivity contribution in [3.63, 3.8) is 0 Å². The molecule has 0 saturated carbocycles. The van der Waals surface area contributed by atoms with E-state index >= 15 is 0 Å². The molecule has 2 aromatic carbocycles. The number of piperazine rings is 1. The van der Waals surface area contributed by atoms with Gasteiger partial charge in [-0.15, -0.1) is 0 Å². The van der Waals surface area contributed by atoms with Gasteiger partial charge >= 0.3 is 0 Å². The van der Waals surface area contributed by atoms with E-state index < -0.39 is 15.3 Å². The van der Waals surface area contributed by atoms with E-state index in [0.717, 1.165) is 12.0 Å². The molecule has 160 valence electrons. The summed E-state index contributed by atoms with van der Waals surface area (Å²) in [5.41, 5.74) is 3.36. The standard InChI is InChI=1S/C23H24N4O2S2/c1-17(18-7-8-22-20(15-18)16-19-5-2-3-6-21(19)30-22)31(28,29)27-13-11-26(12-14-27)23-24-9-4-10-25-23/h2-10,15,17H,11-14,16H2,1H3. The Bertz CT molecular complexity index is 1190. The van der Waals surface area contributed by atoms with Crippen LogP contribution in [0.3, 0.4) is 0 Å². The van der Waals surface area contributed by atoms with Gasteiger partial charge in [0.1, 0.15) is 0 Å². The number of benzene rings is 2. The van der Waals surface area contributed by atoms with Gasteiger partial charge in [-0.3, -0.25) is 0 Å². The van der Waals surface area contributed by atoms with Crippen molar-refractivity contribution < 1.29 is 8.42 Å². The third-order valence-electron chi connectivity index (χ3n) is 6.01. The van der Waals surface area contributed by atoms with E-state index in [1.807, 2.05) is 11.0 Å². The van der Waals surface area contributed by atoms with E-state index in [4.69, 9.17) is 0 Å². The van der Waals surface area contributed by atoms with Gasteiger partial charge in [0.15, 0.2) is 0 Å². The molecule has 0 radical (unpaired) electrons. The highest BCUT2D eigenvalue weighted by Crippen LogP contribution is 2.41. The van der Waals surface area contributed by atoms with Crippen molar-refractivity contribution in [2.45, 2.75) is 28.4 Å². The molecule has 1 aromatic heterocycles. The number of rotatable bonds is 4. The quantitative estimate of drug-likeness (QED) is 0.470. The van der Waals surface area contributed by atoms with Gasteiger partial charge < -0.3 is 4.90 Å². The molecule has 6 nitrogen and oxygen atoms in total. The van der Waals surface area contributed by atoms with Gasteiger partial charge in [-0.2, -0.15) is 4.31 Å². The van der Waals surface area contributed by atoms with E-state index in [9.17, 15) is 8.42 Å². The van der Waals surface area contributed by atoms with Gasteiger partial charge in [0, 0.05) is 48.4 Å². The Hall–Kier alpha value is -2.42. The molecule has 5 rings (SSSR count). The number of anilines is 1. The molecule has 0 bridgehead atoms. The first-order valence-electron chi connectivity index (χ1n) is 10.4. The summed E-state index contributed by atoms with van der Waals surface area (Å²) >= 11 is 1.76. The molecule has 0 spiro atoms. The number of sulfonamides is 1. The summed E-state index contributed by atoms with van der Waals surface area (Å²) in [6.45, 7) is 3.87. The van der Waals surface area contributed by atoms with Crippen LogP contribution >= 0.6 is 11.8 Å². The topological polar surface area (TPSA) is 66.4 Å². The SMILES string of the molecule is CC(c1ccc2c(c1)Cc1ccccc1S2)S(=O)(=O)N1CCN(c2ncccn2)CC1. The maximum Gasteiger partial charge on any atom is 0.225 e. The van der Waals surface area contributed by atoms with Crippen molar-refractivity contribution in [1.29, 1.82) is 0 Å². The van der Waals surface area contributed by atoms with Crippen LogP contribution in [0.2, 0.25) is 0 Å². The minimum absolute atomic E-state index is 0.444. The van der Waals surface area contributed by atoms with E-state index in [1.54, 1.807) is 41.5 Å². The van der Waals surface area contributed by atoms with Crippen LogP contribution < -0.4 is 4.90 Å². The van der Waals surface area contributed by atoms with Crippen LogP contribution in [-0.2, 0) is 16.4 Å². The molecule has 3 aromatic rings. The molecule has 0 N–H and O–H groups in total. The van der Waals surface area contributed by atoms with Gasteiger partial charge in [-0.25, -0.2) is 18.4 Å². The fourth-order valence-corrected chi connectivity index (χ4v) is 6.82. The molecule has 2 aliphatic heterocycles. The van der Waals surface area contributed by atoms with Gasteiger partial charge in [-0.1, -0.05) is 42.1 Å². The lowest BCUT2D eigenvalue weighted by molar-refractivity contribution is 0.378. The molecule has 2 aliphatic rings. The molecule has 1 fully saturated rings. The highest BCUT2D eigenvalue weighted by atomic mass is 32.2. The fraction of sp³-hybridized carbons (Fsp3) is 0.304. The summed E-state index contributed by atoms with van der Waals surface area (Å²) in [5.74, 6) is 0.653. The first kappa shape index (κ1) is 20.5. The van der Waals surface area contributed by atoms with Gasteiger partial charge in [0.25, 0.3) is 0 Å². The van der Waals surface area contributed by atoms with Crippen molar-refractivity contribution in [3.8, 4) is 0 Å². The molecule has 0 aliphatic carbocycles. The smallest absolute Gasteiger partial charge is 0.225 e. The Balaban J connectivity index is 1.32. The third kappa shape index (κ3) is 3.95. The van der Waals surface area contributed by atoms with Crippen LogP contribution in [0.15, 0.2) is 70.7 Å². The Morgan fingerprint density at radius 3 is 2.39 bits per heavy atom. The average Bonchev–Trinajstić information content (AvgIpc) is 2.82. The predicted molar refractivity (Wildman–Crippen MR) is 123 cm³/mol. The monoisotopic (exact) mass is 452 g/mol. The molecule has 0 amide bonds. The molecule has 31 heavy (non-hydrogen) atoms. The fourth-order valence-electron chi connectivity index (χ4n) is 4.16. The normalized spacial score (nSPS) is 17.6. The van der Waals surface area contributed by atoms with Crippen molar-refractivity contribution >= 4 is 27.7 Å². The highest BCUT2D eigenvalue weighted by molar-refractivity contribution is 7.99. The molecule has 1 unspecified atom stereocenters. The Morgan fingerprint density at radius 2 is 1.61 bits per heavy atom. The molecule has 1 atom stereocenters. The maximum absolute atomic E-state index is 13.4. The largest absolute Gasteiger partial charge is 0.338 e. The minimum atomic E-state index is -3.45. The van der Waals surface area contributed by atoms with Gasteiger partial charge in [0.05, 0.1) is 5.25 Å². The highest BCUT2D eigenvalue weighted by Gasteiger charge is 2.33. The molecule has 8 heteroatoms. The van der Waals surface area contributed by atoms with Gasteiger partial charge in [0.2, 0.25) is 16.0 Å². The second-order valence-electron chi connectivity index (χ2n) is 7.88. The average molecular weight is 453 g/mol. The number of hydrogen-bond donors (Lipinski definition) is 0. The predicted octanol–water partition coefficient (Wildman–Crippen LogP) is 3.75. The molecular formula is C23H24N4O2S2. The Morgan fingerprint density at radius 1 is 0.903 bits per heavy atom. The number of hydrogen-bond acceptors (Lipinski definition) is 6. The van der Waals surface area contributed by atoms with Crippen LogP contribution in [0.4, 0.5) is 5.95 Å². The zero-order valence-electron chi connectivity index (χ0n) is 17.3. The summed E-state index contributed by atoms with van der Waals surface area (Å²) < 4.78 is 28.3. The van der Waals surface area contributed by atoms with Crippen LogP contribution in [0, 0.1) is 0 Å². The minimum Gasteiger partial charge on any atom is -0.338 e. The summed E-state index contributed by atoms with van der Waals surface area (Å²) in [5, 5.41) is -0.584. The first-order chi connectivity index (χ1) is 15.0. The Kier molecular flexibility index (Phi) is 5.45. The second kappa shape index (κ2) is 8.26. The zero-order chi connectivity index (χ0) is 21.4. The van der Waals surface area contributed by atoms with Crippen LogP contribution in [0.5, 0.6) is 0 Å². The van der Waals surface area contributed by atoms with Crippen molar-refractivity contribution in [2.75, 3.05) is 31.1 Å². The van der Waals surface area contributed by atoms with Crippen LogP contribution in [0.25, 0.3) is 0 Å². The zero-order valence-corrected chi connectivity index (χ0v) is 18.9. The molecular weight excluding hydrogens is 428 g/mol. The van der Waals surface area contributed by atoms with E-state index in [2.05, 4.69) is 46.4 Å². The van der Waals surface area contributed by atoms with E-state index in [0.29, 0.717) is 32.1 Å². The van der Waals surface area contributed by atoms with E-state index in [1.165, 1.54) is 20.9 Å². The van der Waals surface area contributed by atoms with Crippen LogP contribution in [-0.4, -0.2) is 48.9 Å². The maximum atomic E-state index is 13.4. The Labute approximate surface area is 187 Å². The van der Waals surface area contributed by atoms with Crippen molar-refractivity contribution in [3.05, 3.63) is 77.6 Å². The number of aromatic nitrogens is 2. The third-order valence-corrected chi connectivity index (χ3v) is 9.49. The van der Waals surface area contributed by atoms with Crippen molar-refractivity contribution in [1.82, 2.24) is 14.3 Å². The lowest BCUT2D eigenvalue weighted by Crippen LogP contribution is -2.50.